The number of halogens is 1. The Hall–Kier alpha value is -2.43. The van der Waals surface area contributed by atoms with Gasteiger partial charge in [-0.3, -0.25) is 0 Å². The van der Waals surface area contributed by atoms with E-state index in [1.807, 2.05) is 0 Å². The monoisotopic (exact) mass is 433 g/mol. The second kappa shape index (κ2) is 8.01. The minimum atomic E-state index is 0.317. The first-order chi connectivity index (χ1) is 14.7. The molecule has 0 N–H and O–H groups in total. The highest BCUT2D eigenvalue weighted by Crippen LogP contribution is 2.45. The van der Waals surface area contributed by atoms with E-state index in [4.69, 9.17) is 16.6 Å². The second-order valence-corrected chi connectivity index (χ2v) is 9.11. The van der Waals surface area contributed by atoms with Gasteiger partial charge >= 0.3 is 0 Å². The minimum absolute atomic E-state index is 0.317. The predicted octanol–water partition coefficient (Wildman–Crippen LogP) is 7.22. The third-order valence-corrected chi connectivity index (χ3v) is 7.31. The molecule has 0 saturated heterocycles. The smallest absolute Gasteiger partial charge is 0.225 e. The molecule has 30 heavy (non-hydrogen) atoms. The van der Waals surface area contributed by atoms with E-state index in [9.17, 15) is 0 Å². The summed E-state index contributed by atoms with van der Waals surface area (Å²) in [5.41, 5.74) is 6.44. The standard InChI is InChI=1S/C25H24ClN3S/c1-3-16-11-13-18(14-12-16)21-20(4-2)30-24-22(21)23(27-25(26)28-24)29-15-7-9-17-8-5-6-10-19(17)29/h5-6,8,10-14H,3-4,7,9,15H2,1-2H3. The van der Waals surface area contributed by atoms with Crippen molar-refractivity contribution in [1.82, 2.24) is 9.97 Å². The molecule has 4 aromatic rings. The summed E-state index contributed by atoms with van der Waals surface area (Å²) >= 11 is 8.16. The summed E-state index contributed by atoms with van der Waals surface area (Å²) in [6, 6.07) is 17.6. The van der Waals surface area contributed by atoms with Crippen molar-refractivity contribution in [1.29, 1.82) is 0 Å². The van der Waals surface area contributed by atoms with Crippen molar-refractivity contribution in [2.75, 3.05) is 11.4 Å². The van der Waals surface area contributed by atoms with Gasteiger partial charge in [0.15, 0.2) is 0 Å². The van der Waals surface area contributed by atoms with Crippen LogP contribution in [0.4, 0.5) is 11.5 Å². The fourth-order valence-electron chi connectivity index (χ4n) is 4.41. The van der Waals surface area contributed by atoms with Crippen molar-refractivity contribution >= 4 is 44.7 Å². The van der Waals surface area contributed by atoms with Crippen molar-refractivity contribution in [2.45, 2.75) is 39.5 Å². The molecule has 5 rings (SSSR count). The number of nitrogens with zero attached hydrogens (tertiary/aromatic N) is 3. The van der Waals surface area contributed by atoms with Crippen LogP contribution in [0.1, 0.15) is 36.3 Å². The molecule has 0 amide bonds. The van der Waals surface area contributed by atoms with Crippen molar-refractivity contribution in [3.8, 4) is 11.1 Å². The largest absolute Gasteiger partial charge is 0.325 e. The molecule has 0 bridgehead atoms. The van der Waals surface area contributed by atoms with Gasteiger partial charge in [0, 0.05) is 22.7 Å². The Labute approximate surface area is 186 Å². The van der Waals surface area contributed by atoms with E-state index in [-0.39, 0.29) is 0 Å². The van der Waals surface area contributed by atoms with Gasteiger partial charge in [-0.25, -0.2) is 4.98 Å². The van der Waals surface area contributed by atoms with Gasteiger partial charge < -0.3 is 4.90 Å². The number of benzene rings is 2. The molecular weight excluding hydrogens is 410 g/mol. The number of hydrogen-bond acceptors (Lipinski definition) is 4. The van der Waals surface area contributed by atoms with Crippen LogP contribution in [0, 0.1) is 0 Å². The number of aromatic nitrogens is 2. The lowest BCUT2D eigenvalue weighted by atomic mass is 9.98. The van der Waals surface area contributed by atoms with E-state index in [0.717, 1.165) is 48.3 Å². The molecule has 0 atom stereocenters. The molecule has 0 aliphatic carbocycles. The van der Waals surface area contributed by atoms with Crippen molar-refractivity contribution in [3.05, 3.63) is 69.8 Å². The van der Waals surface area contributed by atoms with Crippen LogP contribution in [0.2, 0.25) is 5.28 Å². The zero-order valence-electron chi connectivity index (χ0n) is 17.3. The Bertz CT molecular complexity index is 1210. The predicted molar refractivity (Wildman–Crippen MR) is 128 cm³/mol. The van der Waals surface area contributed by atoms with Crippen molar-refractivity contribution in [3.63, 3.8) is 0 Å². The van der Waals surface area contributed by atoms with Crippen LogP contribution in [0.15, 0.2) is 48.5 Å². The highest BCUT2D eigenvalue weighted by Gasteiger charge is 2.26. The topological polar surface area (TPSA) is 29.0 Å². The molecule has 2 aromatic heterocycles. The SMILES string of the molecule is CCc1ccc(-c2c(CC)sc3nc(Cl)nc(N4CCCc5ccccc54)c23)cc1. The van der Waals surface area contributed by atoms with Crippen LogP contribution in [-0.2, 0) is 19.3 Å². The number of anilines is 2. The van der Waals surface area contributed by atoms with Crippen LogP contribution in [0.25, 0.3) is 21.3 Å². The van der Waals surface area contributed by atoms with Crippen molar-refractivity contribution < 1.29 is 0 Å². The first-order valence-electron chi connectivity index (χ1n) is 10.6. The van der Waals surface area contributed by atoms with E-state index in [1.165, 1.54) is 32.8 Å². The summed E-state index contributed by atoms with van der Waals surface area (Å²) in [7, 11) is 0. The van der Waals surface area contributed by atoms with Gasteiger partial charge in [-0.05, 0) is 60.0 Å². The second-order valence-electron chi connectivity index (χ2n) is 7.68. The zero-order valence-corrected chi connectivity index (χ0v) is 18.9. The lowest BCUT2D eigenvalue weighted by molar-refractivity contribution is 0.761. The molecule has 3 nitrogen and oxygen atoms in total. The van der Waals surface area contributed by atoms with Gasteiger partial charge in [-0.15, -0.1) is 11.3 Å². The highest BCUT2D eigenvalue weighted by atomic mass is 35.5. The molecule has 0 unspecified atom stereocenters. The molecular formula is C25H24ClN3S. The highest BCUT2D eigenvalue weighted by molar-refractivity contribution is 7.19. The number of para-hydroxylation sites is 1. The Kier molecular flexibility index (Phi) is 5.21. The fourth-order valence-corrected chi connectivity index (χ4v) is 5.76. The summed E-state index contributed by atoms with van der Waals surface area (Å²) in [6.07, 6.45) is 4.20. The van der Waals surface area contributed by atoms with E-state index in [1.54, 1.807) is 11.3 Å². The van der Waals surface area contributed by atoms with Gasteiger partial charge in [0.05, 0.1) is 5.39 Å². The Morgan fingerprint density at radius 3 is 2.57 bits per heavy atom. The molecule has 3 heterocycles. The number of aryl methyl sites for hydroxylation is 3. The van der Waals surface area contributed by atoms with Crippen LogP contribution in [-0.4, -0.2) is 16.5 Å². The average Bonchev–Trinajstić information content (AvgIpc) is 3.16. The van der Waals surface area contributed by atoms with Crippen molar-refractivity contribution in [2.24, 2.45) is 0 Å². The summed E-state index contributed by atoms with van der Waals surface area (Å²) in [5, 5.41) is 1.44. The van der Waals surface area contributed by atoms with E-state index < -0.39 is 0 Å². The molecule has 152 valence electrons. The molecule has 0 spiro atoms. The summed E-state index contributed by atoms with van der Waals surface area (Å²) in [4.78, 5) is 14.0. The summed E-state index contributed by atoms with van der Waals surface area (Å²) in [5.74, 6) is 0.933. The number of thiophene rings is 1. The zero-order chi connectivity index (χ0) is 20.7. The molecule has 0 radical (unpaired) electrons. The van der Waals surface area contributed by atoms with Crippen LogP contribution in [0.5, 0.6) is 0 Å². The lowest BCUT2D eigenvalue weighted by Crippen LogP contribution is -2.25. The van der Waals surface area contributed by atoms with Gasteiger partial charge in [0.25, 0.3) is 0 Å². The molecule has 0 saturated carbocycles. The van der Waals surface area contributed by atoms with E-state index in [0.29, 0.717) is 5.28 Å². The Balaban J connectivity index is 1.78. The van der Waals surface area contributed by atoms with Gasteiger partial charge in [0.1, 0.15) is 10.6 Å². The maximum Gasteiger partial charge on any atom is 0.225 e. The summed E-state index contributed by atoms with van der Waals surface area (Å²) < 4.78 is 0. The maximum atomic E-state index is 6.42. The molecule has 2 aromatic carbocycles. The lowest BCUT2D eigenvalue weighted by Gasteiger charge is -2.31. The molecule has 0 fully saturated rings. The number of fused-ring (bicyclic) bond motifs is 2. The molecule has 5 heteroatoms. The Morgan fingerprint density at radius 2 is 1.80 bits per heavy atom. The quantitative estimate of drug-likeness (QED) is 0.318. The first kappa shape index (κ1) is 19.5. The molecule has 1 aliphatic rings. The van der Waals surface area contributed by atoms with Gasteiger partial charge in [0.2, 0.25) is 5.28 Å². The van der Waals surface area contributed by atoms with Crippen LogP contribution in [0.3, 0.4) is 0 Å². The maximum absolute atomic E-state index is 6.42. The van der Waals surface area contributed by atoms with Gasteiger partial charge in [-0.2, -0.15) is 4.98 Å². The van der Waals surface area contributed by atoms with Gasteiger partial charge in [-0.1, -0.05) is 56.3 Å². The van der Waals surface area contributed by atoms with Crippen LogP contribution < -0.4 is 4.90 Å². The number of hydrogen-bond donors (Lipinski definition) is 0. The fraction of sp³-hybridized carbons (Fsp3) is 0.280. The summed E-state index contributed by atoms with van der Waals surface area (Å²) in [6.45, 7) is 5.33. The average molecular weight is 434 g/mol. The molecule has 1 aliphatic heterocycles. The van der Waals surface area contributed by atoms with Crippen LogP contribution >= 0.6 is 22.9 Å². The minimum Gasteiger partial charge on any atom is -0.325 e. The first-order valence-corrected chi connectivity index (χ1v) is 11.8. The third kappa shape index (κ3) is 3.28. The normalized spacial score (nSPS) is 13.6. The van der Waals surface area contributed by atoms with E-state index >= 15 is 0 Å². The third-order valence-electron chi connectivity index (χ3n) is 5.92. The Morgan fingerprint density at radius 1 is 1.00 bits per heavy atom. The number of rotatable bonds is 4. The van der Waals surface area contributed by atoms with E-state index in [2.05, 4.69) is 72.3 Å².